The summed E-state index contributed by atoms with van der Waals surface area (Å²) >= 11 is 3.55. The summed E-state index contributed by atoms with van der Waals surface area (Å²) in [6.07, 6.45) is 2.95. The van der Waals surface area contributed by atoms with Gasteiger partial charge in [-0.3, -0.25) is 4.90 Å². The van der Waals surface area contributed by atoms with Gasteiger partial charge in [0.25, 0.3) is 0 Å². The number of ether oxygens (including phenoxy) is 1. The van der Waals surface area contributed by atoms with E-state index in [1.165, 1.54) is 5.56 Å². The largest absolute Gasteiger partial charge is 0.378 e. The normalized spacial score (nSPS) is 21.1. The molecule has 1 atom stereocenters. The molecule has 0 aliphatic carbocycles. The number of hydrogen-bond donors (Lipinski definition) is 1. The number of aromatic nitrogens is 2. The molecule has 0 spiro atoms. The minimum Gasteiger partial charge on any atom is -0.378 e. The molecule has 26 heavy (non-hydrogen) atoms. The van der Waals surface area contributed by atoms with Crippen LogP contribution in [0.25, 0.3) is 0 Å². The molecule has 7 heteroatoms. The number of hydrogen-bond acceptors (Lipinski definition) is 6. The van der Waals surface area contributed by atoms with Gasteiger partial charge in [-0.05, 0) is 30.2 Å². The number of nitrogens with one attached hydrogen (secondary N) is 1. The lowest BCUT2D eigenvalue weighted by Crippen LogP contribution is -2.37. The van der Waals surface area contributed by atoms with E-state index in [-0.39, 0.29) is 0 Å². The number of rotatable bonds is 5. The van der Waals surface area contributed by atoms with Gasteiger partial charge in [-0.1, -0.05) is 28.1 Å². The molecule has 2 fully saturated rings. The smallest absolute Gasteiger partial charge is 0.224 e. The molecule has 6 nitrogen and oxygen atoms in total. The van der Waals surface area contributed by atoms with E-state index in [4.69, 9.17) is 9.72 Å². The van der Waals surface area contributed by atoms with E-state index < -0.39 is 0 Å². The van der Waals surface area contributed by atoms with Crippen LogP contribution in [-0.2, 0) is 11.3 Å². The Morgan fingerprint density at radius 2 is 2.08 bits per heavy atom. The molecule has 0 bridgehead atoms. The summed E-state index contributed by atoms with van der Waals surface area (Å²) in [6, 6.07) is 10.9. The molecule has 0 saturated carbocycles. The van der Waals surface area contributed by atoms with Crippen molar-refractivity contribution in [2.45, 2.75) is 19.0 Å². The third kappa shape index (κ3) is 4.52. The van der Waals surface area contributed by atoms with E-state index in [9.17, 15) is 0 Å². The van der Waals surface area contributed by atoms with Crippen molar-refractivity contribution >= 4 is 27.7 Å². The van der Waals surface area contributed by atoms with Crippen molar-refractivity contribution in [3.63, 3.8) is 0 Å². The molecule has 1 aromatic carbocycles. The fourth-order valence-electron chi connectivity index (χ4n) is 3.56. The standard InChI is InChI=1S/C19H24BrN5O/c20-16-3-1-2-15(12-16)13-24-7-5-17(14-24)22-19-21-6-4-18(23-19)25-8-10-26-11-9-25/h1-4,6,12,17H,5,7-11,13-14H2,(H,21,22,23). The van der Waals surface area contributed by atoms with Gasteiger partial charge in [0.2, 0.25) is 5.95 Å². The van der Waals surface area contributed by atoms with Crippen molar-refractivity contribution in [1.82, 2.24) is 14.9 Å². The van der Waals surface area contributed by atoms with Gasteiger partial charge in [-0.25, -0.2) is 4.98 Å². The van der Waals surface area contributed by atoms with Gasteiger partial charge >= 0.3 is 0 Å². The Kier molecular flexibility index (Phi) is 5.67. The van der Waals surface area contributed by atoms with Crippen LogP contribution in [-0.4, -0.2) is 60.3 Å². The Bertz CT molecular complexity index is 737. The maximum absolute atomic E-state index is 5.42. The summed E-state index contributed by atoms with van der Waals surface area (Å²) in [5, 5.41) is 3.52. The summed E-state index contributed by atoms with van der Waals surface area (Å²) in [5.74, 6) is 1.71. The Morgan fingerprint density at radius 3 is 2.92 bits per heavy atom. The van der Waals surface area contributed by atoms with Crippen LogP contribution in [0.3, 0.4) is 0 Å². The topological polar surface area (TPSA) is 53.5 Å². The summed E-state index contributed by atoms with van der Waals surface area (Å²) in [5.41, 5.74) is 1.34. The number of nitrogens with zero attached hydrogens (tertiary/aromatic N) is 4. The monoisotopic (exact) mass is 417 g/mol. The van der Waals surface area contributed by atoms with Gasteiger partial charge in [0, 0.05) is 49.4 Å². The highest BCUT2D eigenvalue weighted by molar-refractivity contribution is 9.10. The first-order valence-electron chi connectivity index (χ1n) is 9.15. The molecule has 1 aromatic heterocycles. The van der Waals surface area contributed by atoms with Gasteiger partial charge in [0.1, 0.15) is 5.82 Å². The Balaban J connectivity index is 1.33. The van der Waals surface area contributed by atoms with Crippen LogP contribution in [0.4, 0.5) is 11.8 Å². The van der Waals surface area contributed by atoms with E-state index in [2.05, 4.69) is 60.3 Å². The molecular formula is C19H24BrN5O. The Morgan fingerprint density at radius 1 is 1.19 bits per heavy atom. The average molecular weight is 418 g/mol. The Labute approximate surface area is 162 Å². The highest BCUT2D eigenvalue weighted by Crippen LogP contribution is 2.20. The van der Waals surface area contributed by atoms with Crippen molar-refractivity contribution in [2.24, 2.45) is 0 Å². The molecule has 2 aliphatic heterocycles. The Hall–Kier alpha value is -1.70. The predicted molar refractivity (Wildman–Crippen MR) is 107 cm³/mol. The van der Waals surface area contributed by atoms with Crippen LogP contribution in [0.15, 0.2) is 41.0 Å². The second kappa shape index (κ2) is 8.33. The number of likely N-dealkylation sites (tertiary alicyclic amines) is 1. The minimum atomic E-state index is 0.391. The summed E-state index contributed by atoms with van der Waals surface area (Å²) in [4.78, 5) is 13.8. The van der Waals surface area contributed by atoms with E-state index >= 15 is 0 Å². The minimum absolute atomic E-state index is 0.391. The SMILES string of the molecule is Brc1cccc(CN2CCC(Nc3nccc(N4CCOCC4)n3)C2)c1. The first-order chi connectivity index (χ1) is 12.8. The molecule has 0 amide bonds. The van der Waals surface area contributed by atoms with Gasteiger partial charge in [-0.2, -0.15) is 4.98 Å². The highest BCUT2D eigenvalue weighted by Gasteiger charge is 2.23. The van der Waals surface area contributed by atoms with Crippen LogP contribution in [0.5, 0.6) is 0 Å². The predicted octanol–water partition coefficient (Wildman–Crippen LogP) is 2.76. The summed E-state index contributed by atoms with van der Waals surface area (Å²) < 4.78 is 6.55. The lowest BCUT2D eigenvalue weighted by molar-refractivity contribution is 0.122. The van der Waals surface area contributed by atoms with Gasteiger partial charge in [0.05, 0.1) is 13.2 Å². The first kappa shape index (κ1) is 17.7. The quantitative estimate of drug-likeness (QED) is 0.806. The van der Waals surface area contributed by atoms with Gasteiger partial charge in [-0.15, -0.1) is 0 Å². The summed E-state index contributed by atoms with van der Waals surface area (Å²) in [6.45, 7) is 6.39. The molecule has 2 aliphatic rings. The molecule has 2 aromatic rings. The molecule has 4 rings (SSSR count). The third-order valence-corrected chi connectivity index (χ3v) is 5.37. The van der Waals surface area contributed by atoms with E-state index in [0.717, 1.165) is 68.6 Å². The van der Waals surface area contributed by atoms with Crippen molar-refractivity contribution in [3.8, 4) is 0 Å². The van der Waals surface area contributed by atoms with Crippen molar-refractivity contribution in [1.29, 1.82) is 0 Å². The second-order valence-electron chi connectivity index (χ2n) is 6.83. The number of benzene rings is 1. The fourth-order valence-corrected chi connectivity index (χ4v) is 4.00. The van der Waals surface area contributed by atoms with E-state index in [0.29, 0.717) is 6.04 Å². The van der Waals surface area contributed by atoms with E-state index in [1.807, 2.05) is 12.3 Å². The number of halogens is 1. The second-order valence-corrected chi connectivity index (χ2v) is 7.75. The average Bonchev–Trinajstić information content (AvgIpc) is 3.09. The maximum atomic E-state index is 5.42. The van der Waals surface area contributed by atoms with Gasteiger partial charge < -0.3 is 15.0 Å². The molecule has 138 valence electrons. The molecule has 3 heterocycles. The van der Waals surface area contributed by atoms with Crippen LogP contribution in [0.1, 0.15) is 12.0 Å². The van der Waals surface area contributed by atoms with Crippen LogP contribution in [0, 0.1) is 0 Å². The third-order valence-electron chi connectivity index (χ3n) is 4.88. The lowest BCUT2D eigenvalue weighted by atomic mass is 10.2. The van der Waals surface area contributed by atoms with Crippen LogP contribution in [0.2, 0.25) is 0 Å². The maximum Gasteiger partial charge on any atom is 0.224 e. The zero-order valence-corrected chi connectivity index (χ0v) is 16.4. The van der Waals surface area contributed by atoms with E-state index in [1.54, 1.807) is 0 Å². The zero-order chi connectivity index (χ0) is 17.8. The number of morpholine rings is 1. The van der Waals surface area contributed by atoms with Crippen molar-refractivity contribution in [2.75, 3.05) is 49.6 Å². The highest BCUT2D eigenvalue weighted by atomic mass is 79.9. The lowest BCUT2D eigenvalue weighted by Gasteiger charge is -2.28. The molecular weight excluding hydrogens is 394 g/mol. The number of anilines is 2. The van der Waals surface area contributed by atoms with Crippen molar-refractivity contribution in [3.05, 3.63) is 46.6 Å². The molecule has 2 saturated heterocycles. The fraction of sp³-hybridized carbons (Fsp3) is 0.474. The molecule has 1 unspecified atom stereocenters. The summed E-state index contributed by atoms with van der Waals surface area (Å²) in [7, 11) is 0. The molecule has 0 radical (unpaired) electrons. The van der Waals surface area contributed by atoms with Gasteiger partial charge in [0.15, 0.2) is 0 Å². The zero-order valence-electron chi connectivity index (χ0n) is 14.8. The first-order valence-corrected chi connectivity index (χ1v) is 9.95. The van der Waals surface area contributed by atoms with Crippen molar-refractivity contribution < 1.29 is 4.74 Å². The molecule has 1 N–H and O–H groups in total. The van der Waals surface area contributed by atoms with Crippen LogP contribution < -0.4 is 10.2 Å². The van der Waals surface area contributed by atoms with Crippen LogP contribution >= 0.6 is 15.9 Å².